The summed E-state index contributed by atoms with van der Waals surface area (Å²) >= 11 is 5.92. The Morgan fingerprint density at radius 1 is 1.29 bits per heavy atom. The van der Waals surface area contributed by atoms with Crippen molar-refractivity contribution in [3.8, 4) is 0 Å². The van der Waals surface area contributed by atoms with Crippen LogP contribution in [0.2, 0.25) is 5.02 Å². The number of amides is 1. The van der Waals surface area contributed by atoms with Crippen molar-refractivity contribution in [3.63, 3.8) is 0 Å². The Kier molecular flexibility index (Phi) is 4.23. The molecule has 2 aliphatic carbocycles. The van der Waals surface area contributed by atoms with Gasteiger partial charge in [-0.3, -0.25) is 4.79 Å². The van der Waals surface area contributed by atoms with Crippen molar-refractivity contribution in [1.29, 1.82) is 0 Å². The van der Waals surface area contributed by atoms with E-state index in [0.717, 1.165) is 36.3 Å². The lowest BCUT2D eigenvalue weighted by Crippen LogP contribution is -2.43. The van der Waals surface area contributed by atoms with Crippen molar-refractivity contribution in [3.05, 3.63) is 34.9 Å². The van der Waals surface area contributed by atoms with E-state index in [9.17, 15) is 4.79 Å². The van der Waals surface area contributed by atoms with E-state index in [1.807, 2.05) is 24.3 Å². The molecule has 0 radical (unpaired) electrons. The van der Waals surface area contributed by atoms with Gasteiger partial charge in [0.25, 0.3) is 0 Å². The summed E-state index contributed by atoms with van der Waals surface area (Å²) < 4.78 is 0. The van der Waals surface area contributed by atoms with Gasteiger partial charge in [-0.05, 0) is 55.3 Å². The smallest absolute Gasteiger partial charge is 0.223 e. The van der Waals surface area contributed by atoms with Crippen LogP contribution in [0.15, 0.2) is 24.3 Å². The van der Waals surface area contributed by atoms with E-state index in [1.54, 1.807) is 0 Å². The van der Waals surface area contributed by atoms with Gasteiger partial charge in [0.05, 0.1) is 0 Å². The van der Waals surface area contributed by atoms with Gasteiger partial charge in [0, 0.05) is 24.0 Å². The summed E-state index contributed by atoms with van der Waals surface area (Å²) in [6, 6.07) is 8.22. The first-order valence-electron chi connectivity index (χ1n) is 7.86. The molecule has 3 nitrogen and oxygen atoms in total. The van der Waals surface area contributed by atoms with E-state index in [-0.39, 0.29) is 11.3 Å². The molecule has 4 heteroatoms. The van der Waals surface area contributed by atoms with Crippen molar-refractivity contribution in [1.82, 2.24) is 4.90 Å². The van der Waals surface area contributed by atoms with Gasteiger partial charge in [-0.25, -0.2) is 0 Å². The molecule has 0 heterocycles. The lowest BCUT2D eigenvalue weighted by Gasteiger charge is -2.41. The maximum atomic E-state index is 12.7. The molecular weight excluding hydrogens is 284 g/mol. The second-order valence-electron chi connectivity index (χ2n) is 6.61. The topological polar surface area (TPSA) is 46.3 Å². The van der Waals surface area contributed by atoms with E-state index >= 15 is 0 Å². The molecule has 0 bridgehead atoms. The third-order valence-corrected chi connectivity index (χ3v) is 5.20. The van der Waals surface area contributed by atoms with Crippen LogP contribution in [0.3, 0.4) is 0 Å². The second kappa shape index (κ2) is 5.98. The lowest BCUT2D eigenvalue weighted by atomic mass is 9.66. The minimum Gasteiger partial charge on any atom is -0.335 e. The van der Waals surface area contributed by atoms with Crippen LogP contribution in [0, 0.1) is 5.41 Å². The van der Waals surface area contributed by atoms with Gasteiger partial charge in [0.1, 0.15) is 0 Å². The van der Waals surface area contributed by atoms with E-state index in [0.29, 0.717) is 25.6 Å². The number of carbonyl (C=O) groups is 1. The van der Waals surface area contributed by atoms with Gasteiger partial charge in [-0.1, -0.05) is 30.2 Å². The van der Waals surface area contributed by atoms with Crippen LogP contribution in [-0.4, -0.2) is 23.4 Å². The number of rotatable bonds is 6. The first-order valence-corrected chi connectivity index (χ1v) is 8.24. The highest BCUT2D eigenvalue weighted by Crippen LogP contribution is 2.44. The Hall–Kier alpha value is -1.06. The Morgan fingerprint density at radius 3 is 2.43 bits per heavy atom. The molecule has 2 aliphatic rings. The number of hydrogen-bond donors (Lipinski definition) is 1. The maximum Gasteiger partial charge on any atom is 0.223 e. The molecule has 0 aliphatic heterocycles. The largest absolute Gasteiger partial charge is 0.335 e. The summed E-state index contributed by atoms with van der Waals surface area (Å²) in [6.45, 7) is 1.33. The molecule has 0 atom stereocenters. The predicted octanol–water partition coefficient (Wildman–Crippen LogP) is 3.35. The normalized spacial score (nSPS) is 19.9. The van der Waals surface area contributed by atoms with Crippen LogP contribution >= 0.6 is 11.6 Å². The van der Waals surface area contributed by atoms with E-state index in [4.69, 9.17) is 17.3 Å². The molecule has 1 amide bonds. The van der Waals surface area contributed by atoms with Crippen LogP contribution in [0.25, 0.3) is 0 Å². The first-order chi connectivity index (χ1) is 10.1. The molecule has 0 aromatic heterocycles. The zero-order valence-electron chi connectivity index (χ0n) is 12.4. The lowest BCUT2D eigenvalue weighted by molar-refractivity contribution is -0.136. The summed E-state index contributed by atoms with van der Waals surface area (Å²) in [4.78, 5) is 14.8. The third kappa shape index (κ3) is 3.41. The van der Waals surface area contributed by atoms with Crippen LogP contribution in [-0.2, 0) is 11.3 Å². The van der Waals surface area contributed by atoms with Crippen molar-refractivity contribution in [2.75, 3.05) is 6.54 Å². The maximum absolute atomic E-state index is 12.7. The van der Waals surface area contributed by atoms with E-state index in [1.165, 1.54) is 6.42 Å². The molecule has 2 N–H and O–H groups in total. The number of benzene rings is 1. The van der Waals surface area contributed by atoms with Gasteiger partial charge < -0.3 is 10.6 Å². The molecule has 0 unspecified atom stereocenters. The molecule has 0 saturated heterocycles. The van der Waals surface area contributed by atoms with Gasteiger partial charge in [-0.15, -0.1) is 0 Å². The molecule has 2 saturated carbocycles. The Balaban J connectivity index is 1.66. The standard InChI is InChI=1S/C17H23ClN2O/c18-14-4-2-13(3-5-14)11-20(15-6-7-15)16(21)10-17(12-19)8-1-9-17/h2-5,15H,1,6-12,19H2. The number of nitrogens with zero attached hydrogens (tertiary/aromatic N) is 1. The monoisotopic (exact) mass is 306 g/mol. The fraction of sp³-hybridized carbons (Fsp3) is 0.588. The average Bonchev–Trinajstić information content (AvgIpc) is 3.26. The van der Waals surface area contributed by atoms with Gasteiger partial charge >= 0.3 is 0 Å². The van der Waals surface area contributed by atoms with Crippen LogP contribution in [0.5, 0.6) is 0 Å². The number of hydrogen-bond acceptors (Lipinski definition) is 2. The Bertz CT molecular complexity index is 501. The fourth-order valence-electron chi connectivity index (χ4n) is 3.15. The van der Waals surface area contributed by atoms with E-state index < -0.39 is 0 Å². The Morgan fingerprint density at radius 2 is 1.95 bits per heavy atom. The third-order valence-electron chi connectivity index (χ3n) is 4.95. The van der Waals surface area contributed by atoms with Gasteiger partial charge in [0.2, 0.25) is 5.91 Å². The molecule has 3 rings (SSSR count). The summed E-state index contributed by atoms with van der Waals surface area (Å²) in [6.07, 6.45) is 6.31. The van der Waals surface area contributed by atoms with Gasteiger partial charge in [-0.2, -0.15) is 0 Å². The van der Waals surface area contributed by atoms with Gasteiger partial charge in [0.15, 0.2) is 0 Å². The number of nitrogens with two attached hydrogens (primary N) is 1. The van der Waals surface area contributed by atoms with Crippen LogP contribution in [0.4, 0.5) is 0 Å². The minimum absolute atomic E-state index is 0.0875. The SMILES string of the molecule is NCC1(CC(=O)N(Cc2ccc(Cl)cc2)C2CC2)CCC1. The van der Waals surface area contributed by atoms with Crippen molar-refractivity contribution < 1.29 is 4.79 Å². The molecule has 0 spiro atoms. The zero-order valence-corrected chi connectivity index (χ0v) is 13.1. The molecule has 21 heavy (non-hydrogen) atoms. The van der Waals surface area contributed by atoms with Crippen molar-refractivity contribution in [2.24, 2.45) is 11.1 Å². The molecule has 1 aromatic carbocycles. The highest BCUT2D eigenvalue weighted by atomic mass is 35.5. The second-order valence-corrected chi connectivity index (χ2v) is 7.05. The summed E-state index contributed by atoms with van der Waals surface area (Å²) in [7, 11) is 0. The number of halogens is 1. The predicted molar refractivity (Wildman–Crippen MR) is 85.0 cm³/mol. The van der Waals surface area contributed by atoms with E-state index in [2.05, 4.69) is 4.90 Å². The minimum atomic E-state index is 0.0875. The average molecular weight is 307 g/mol. The van der Waals surface area contributed by atoms with Crippen LogP contribution in [0.1, 0.15) is 44.1 Å². The molecule has 2 fully saturated rings. The highest BCUT2D eigenvalue weighted by molar-refractivity contribution is 6.30. The highest BCUT2D eigenvalue weighted by Gasteiger charge is 2.41. The Labute approximate surface area is 131 Å². The first kappa shape index (κ1) is 14.9. The number of carbonyl (C=O) groups excluding carboxylic acids is 1. The summed E-state index contributed by atoms with van der Waals surface area (Å²) in [5.74, 6) is 0.276. The summed E-state index contributed by atoms with van der Waals surface area (Å²) in [5, 5.41) is 0.736. The fourth-order valence-corrected chi connectivity index (χ4v) is 3.27. The van der Waals surface area contributed by atoms with Crippen LogP contribution < -0.4 is 5.73 Å². The molecule has 114 valence electrons. The van der Waals surface area contributed by atoms with Crippen molar-refractivity contribution >= 4 is 17.5 Å². The van der Waals surface area contributed by atoms with Crippen molar-refractivity contribution in [2.45, 2.75) is 51.1 Å². The quantitative estimate of drug-likeness (QED) is 0.876. The zero-order chi connectivity index (χ0) is 14.9. The molecule has 1 aromatic rings. The molecular formula is C17H23ClN2O. The summed E-state index contributed by atoms with van der Waals surface area (Å²) in [5.41, 5.74) is 7.13.